The van der Waals surface area contributed by atoms with E-state index in [1.54, 1.807) is 0 Å². The number of halogens is 3. The first-order valence-electron chi connectivity index (χ1n) is 5.71. The maximum absolute atomic E-state index is 12.5. The minimum Gasteiger partial charge on any atom is -0.330 e. The minimum atomic E-state index is -4.37. The highest BCUT2D eigenvalue weighted by Crippen LogP contribution is 2.29. The number of carbonyl (C=O) groups is 1. The van der Waals surface area contributed by atoms with Crippen molar-refractivity contribution in [3.8, 4) is 0 Å². The second kappa shape index (κ2) is 6.00. The van der Waals surface area contributed by atoms with Gasteiger partial charge in [-0.2, -0.15) is 13.2 Å². The van der Waals surface area contributed by atoms with Crippen molar-refractivity contribution >= 4 is 5.78 Å². The lowest BCUT2D eigenvalue weighted by Gasteiger charge is -2.10. The lowest BCUT2D eigenvalue weighted by atomic mass is 9.99. The first-order chi connectivity index (χ1) is 8.32. The summed E-state index contributed by atoms with van der Waals surface area (Å²) in [6.07, 6.45) is -4.05. The predicted molar refractivity (Wildman–Crippen MR) is 63.0 cm³/mol. The third kappa shape index (κ3) is 4.49. The molecule has 0 radical (unpaired) electrons. The van der Waals surface area contributed by atoms with Crippen LogP contribution in [0.1, 0.15) is 24.5 Å². The van der Waals surface area contributed by atoms with Gasteiger partial charge in [0.15, 0.2) is 0 Å². The Morgan fingerprint density at radius 2 is 2.06 bits per heavy atom. The zero-order chi connectivity index (χ0) is 13.8. The van der Waals surface area contributed by atoms with Crippen LogP contribution in [-0.4, -0.2) is 12.3 Å². The molecule has 0 aromatic heterocycles. The fourth-order valence-electron chi connectivity index (χ4n) is 1.63. The Hall–Kier alpha value is -1.36. The van der Waals surface area contributed by atoms with E-state index in [2.05, 4.69) is 0 Å². The van der Waals surface area contributed by atoms with E-state index in [-0.39, 0.29) is 18.1 Å². The summed E-state index contributed by atoms with van der Waals surface area (Å²) in [4.78, 5) is 11.6. The summed E-state index contributed by atoms with van der Waals surface area (Å²) in [5, 5.41) is 0. The van der Waals surface area contributed by atoms with E-state index in [1.165, 1.54) is 12.1 Å². The largest absolute Gasteiger partial charge is 0.416 e. The van der Waals surface area contributed by atoms with Gasteiger partial charge in [-0.1, -0.05) is 25.1 Å². The Balaban J connectivity index is 2.71. The van der Waals surface area contributed by atoms with Crippen LogP contribution < -0.4 is 5.73 Å². The van der Waals surface area contributed by atoms with Gasteiger partial charge < -0.3 is 5.73 Å². The summed E-state index contributed by atoms with van der Waals surface area (Å²) in [6, 6.07) is 4.86. The number of alkyl halides is 3. The number of Topliss-reactive ketones (excluding diaryl/α,β-unsaturated/α-hetero) is 1. The Labute approximate surface area is 104 Å². The number of ketones is 1. The van der Waals surface area contributed by atoms with E-state index < -0.39 is 11.7 Å². The van der Waals surface area contributed by atoms with Crippen molar-refractivity contribution in [1.29, 1.82) is 0 Å². The molecule has 0 saturated heterocycles. The summed E-state index contributed by atoms with van der Waals surface area (Å²) >= 11 is 0. The van der Waals surface area contributed by atoms with Gasteiger partial charge in [-0.3, -0.25) is 4.79 Å². The van der Waals surface area contributed by atoms with Crippen LogP contribution in [0.25, 0.3) is 0 Å². The molecule has 1 aromatic carbocycles. The highest BCUT2D eigenvalue weighted by atomic mass is 19.4. The van der Waals surface area contributed by atoms with E-state index in [4.69, 9.17) is 5.73 Å². The topological polar surface area (TPSA) is 43.1 Å². The van der Waals surface area contributed by atoms with Gasteiger partial charge in [-0.25, -0.2) is 0 Å². The summed E-state index contributed by atoms with van der Waals surface area (Å²) in [5.74, 6) is -0.0319. The molecule has 0 aliphatic heterocycles. The molecule has 2 N–H and O–H groups in total. The fraction of sp³-hybridized carbons (Fsp3) is 0.462. The summed E-state index contributed by atoms with van der Waals surface area (Å²) in [6.45, 7) is 2.23. The van der Waals surface area contributed by atoms with Gasteiger partial charge in [0.1, 0.15) is 5.78 Å². The average Bonchev–Trinajstić information content (AvgIpc) is 2.27. The Morgan fingerprint density at radius 3 is 2.61 bits per heavy atom. The molecular weight excluding hydrogens is 243 g/mol. The van der Waals surface area contributed by atoms with Crippen LogP contribution in [0.5, 0.6) is 0 Å². The highest BCUT2D eigenvalue weighted by molar-refractivity contribution is 5.81. The summed E-state index contributed by atoms with van der Waals surface area (Å²) in [5.41, 5.74) is 5.06. The maximum atomic E-state index is 12.5. The first kappa shape index (κ1) is 14.7. The van der Waals surface area contributed by atoms with Crippen LogP contribution in [0, 0.1) is 5.92 Å². The monoisotopic (exact) mass is 259 g/mol. The Kier molecular flexibility index (Phi) is 4.90. The molecule has 0 amide bonds. The Morgan fingerprint density at radius 1 is 1.39 bits per heavy atom. The minimum absolute atomic E-state index is 0.0221. The van der Waals surface area contributed by atoms with E-state index in [9.17, 15) is 18.0 Å². The summed E-state index contributed by atoms with van der Waals surface area (Å²) < 4.78 is 37.4. The number of carbonyl (C=O) groups excluding carboxylic acids is 1. The lowest BCUT2D eigenvalue weighted by Crippen LogP contribution is -2.16. The van der Waals surface area contributed by atoms with Gasteiger partial charge in [0.25, 0.3) is 0 Å². The van der Waals surface area contributed by atoms with Crippen LogP contribution in [0.4, 0.5) is 13.2 Å². The molecule has 0 aliphatic carbocycles. The third-order valence-corrected chi connectivity index (χ3v) is 2.63. The van der Waals surface area contributed by atoms with Crippen molar-refractivity contribution in [3.05, 3.63) is 35.4 Å². The van der Waals surface area contributed by atoms with Gasteiger partial charge in [0.2, 0.25) is 0 Å². The SMILES string of the molecule is CC(CN)CC(=O)Cc1cccc(C(F)(F)F)c1. The maximum Gasteiger partial charge on any atom is 0.416 e. The van der Waals surface area contributed by atoms with Gasteiger partial charge in [0.05, 0.1) is 5.56 Å². The van der Waals surface area contributed by atoms with Crippen LogP contribution in [0.2, 0.25) is 0 Å². The lowest BCUT2D eigenvalue weighted by molar-refractivity contribution is -0.137. The fourth-order valence-corrected chi connectivity index (χ4v) is 1.63. The van der Waals surface area contributed by atoms with Crippen LogP contribution in [0.3, 0.4) is 0 Å². The number of benzene rings is 1. The zero-order valence-electron chi connectivity index (χ0n) is 10.1. The molecule has 18 heavy (non-hydrogen) atoms. The smallest absolute Gasteiger partial charge is 0.330 e. The molecule has 1 atom stereocenters. The van der Waals surface area contributed by atoms with Crippen molar-refractivity contribution in [3.63, 3.8) is 0 Å². The van der Waals surface area contributed by atoms with E-state index >= 15 is 0 Å². The molecule has 100 valence electrons. The van der Waals surface area contributed by atoms with Gasteiger partial charge in [-0.05, 0) is 24.1 Å². The van der Waals surface area contributed by atoms with Crippen molar-refractivity contribution < 1.29 is 18.0 Å². The molecule has 0 bridgehead atoms. The normalized spacial score (nSPS) is 13.4. The van der Waals surface area contributed by atoms with Crippen LogP contribution >= 0.6 is 0 Å². The number of nitrogens with two attached hydrogens (primary N) is 1. The predicted octanol–water partition coefficient (Wildman–Crippen LogP) is 2.80. The van der Waals surface area contributed by atoms with E-state index in [0.29, 0.717) is 18.5 Å². The van der Waals surface area contributed by atoms with E-state index in [0.717, 1.165) is 12.1 Å². The van der Waals surface area contributed by atoms with Crippen LogP contribution in [0.15, 0.2) is 24.3 Å². The molecule has 0 aliphatic rings. The standard InChI is InChI=1S/C13H16F3NO/c1-9(8-17)5-12(18)7-10-3-2-4-11(6-10)13(14,15)16/h2-4,6,9H,5,7-8,17H2,1H3. The number of hydrogen-bond acceptors (Lipinski definition) is 2. The quantitative estimate of drug-likeness (QED) is 0.883. The molecule has 1 aromatic rings. The van der Waals surface area contributed by atoms with Crippen molar-refractivity contribution in [2.75, 3.05) is 6.54 Å². The Bertz CT molecular complexity index is 415. The second-order valence-electron chi connectivity index (χ2n) is 4.46. The zero-order valence-corrected chi connectivity index (χ0v) is 10.1. The van der Waals surface area contributed by atoms with Gasteiger partial charge >= 0.3 is 6.18 Å². The molecule has 0 saturated carbocycles. The number of hydrogen-bond donors (Lipinski definition) is 1. The average molecular weight is 259 g/mol. The molecular formula is C13H16F3NO. The van der Waals surface area contributed by atoms with Crippen LogP contribution in [-0.2, 0) is 17.4 Å². The van der Waals surface area contributed by atoms with Crippen molar-refractivity contribution in [2.24, 2.45) is 11.7 Å². The van der Waals surface area contributed by atoms with Gasteiger partial charge in [0, 0.05) is 12.8 Å². The molecule has 0 spiro atoms. The molecule has 1 unspecified atom stereocenters. The van der Waals surface area contributed by atoms with Crippen molar-refractivity contribution in [2.45, 2.75) is 25.9 Å². The van der Waals surface area contributed by atoms with Gasteiger partial charge in [-0.15, -0.1) is 0 Å². The molecule has 5 heteroatoms. The van der Waals surface area contributed by atoms with Crippen molar-refractivity contribution in [1.82, 2.24) is 0 Å². The molecule has 1 rings (SSSR count). The highest BCUT2D eigenvalue weighted by Gasteiger charge is 2.30. The summed E-state index contributed by atoms with van der Waals surface area (Å²) in [7, 11) is 0. The molecule has 0 heterocycles. The van der Waals surface area contributed by atoms with E-state index in [1.807, 2.05) is 6.92 Å². The third-order valence-electron chi connectivity index (χ3n) is 2.63. The first-order valence-corrected chi connectivity index (χ1v) is 5.71. The molecule has 2 nitrogen and oxygen atoms in total. The molecule has 0 fully saturated rings. The second-order valence-corrected chi connectivity index (χ2v) is 4.46. The number of rotatable bonds is 5.